The molecular weight excluding hydrogens is 254 g/mol. The van der Waals surface area contributed by atoms with E-state index in [2.05, 4.69) is 5.32 Å². The Morgan fingerprint density at radius 1 is 1.40 bits per heavy atom. The number of carbonyl (C=O) groups excluding carboxylic acids is 1. The Morgan fingerprint density at radius 2 is 2.15 bits per heavy atom. The van der Waals surface area contributed by atoms with Crippen molar-refractivity contribution in [3.63, 3.8) is 0 Å². The number of benzene rings is 1. The van der Waals surface area contributed by atoms with E-state index in [9.17, 15) is 4.79 Å². The molecule has 5 heteroatoms. The Bertz CT molecular complexity index is 632. The zero-order valence-corrected chi connectivity index (χ0v) is 11.9. The first-order chi connectivity index (χ1) is 9.55. The minimum atomic E-state index is -0.173. The van der Waals surface area contributed by atoms with Crippen LogP contribution in [-0.2, 0) is 6.54 Å². The number of carbonyl (C=O) groups is 1. The van der Waals surface area contributed by atoms with Crippen molar-refractivity contribution in [3.8, 4) is 5.75 Å². The van der Waals surface area contributed by atoms with Gasteiger partial charge in [0, 0.05) is 18.4 Å². The Morgan fingerprint density at radius 3 is 2.75 bits per heavy atom. The maximum Gasteiger partial charge on any atom is 0.272 e. The average molecular weight is 273 g/mol. The van der Waals surface area contributed by atoms with Crippen LogP contribution in [0.2, 0.25) is 0 Å². The first-order valence-corrected chi connectivity index (χ1v) is 6.46. The number of ether oxygens (including phenoxy) is 1. The second-order valence-corrected chi connectivity index (χ2v) is 4.58. The van der Waals surface area contributed by atoms with Gasteiger partial charge in [0.1, 0.15) is 11.4 Å². The predicted molar refractivity (Wildman–Crippen MR) is 80.2 cm³/mol. The summed E-state index contributed by atoms with van der Waals surface area (Å²) >= 11 is 0. The van der Waals surface area contributed by atoms with Crippen LogP contribution in [0.4, 0.5) is 11.4 Å². The normalized spacial score (nSPS) is 10.3. The summed E-state index contributed by atoms with van der Waals surface area (Å²) in [6, 6.07) is 7.19. The smallest absolute Gasteiger partial charge is 0.272 e. The molecule has 1 amide bonds. The highest BCUT2D eigenvalue weighted by Crippen LogP contribution is 2.22. The Balaban J connectivity index is 2.21. The number of hydrogen-bond acceptors (Lipinski definition) is 3. The van der Waals surface area contributed by atoms with E-state index < -0.39 is 0 Å². The fraction of sp³-hybridized carbons (Fsp3) is 0.267. The van der Waals surface area contributed by atoms with E-state index in [1.165, 1.54) is 0 Å². The van der Waals surface area contributed by atoms with Crippen molar-refractivity contribution in [2.45, 2.75) is 20.4 Å². The minimum absolute atomic E-state index is 0.173. The minimum Gasteiger partial charge on any atom is -0.496 e. The molecule has 0 aliphatic carbocycles. The molecule has 0 spiro atoms. The van der Waals surface area contributed by atoms with Crippen LogP contribution in [0.5, 0.6) is 5.75 Å². The topological polar surface area (TPSA) is 69.3 Å². The molecule has 0 saturated carbocycles. The molecule has 0 bridgehead atoms. The molecule has 2 aromatic rings. The number of hydrogen-bond donors (Lipinski definition) is 2. The quantitative estimate of drug-likeness (QED) is 0.899. The summed E-state index contributed by atoms with van der Waals surface area (Å²) in [4.78, 5) is 12.3. The van der Waals surface area contributed by atoms with Gasteiger partial charge in [0.05, 0.1) is 12.8 Å². The van der Waals surface area contributed by atoms with Crippen LogP contribution in [-0.4, -0.2) is 17.6 Å². The zero-order valence-electron chi connectivity index (χ0n) is 11.9. The van der Waals surface area contributed by atoms with Crippen molar-refractivity contribution >= 4 is 17.3 Å². The van der Waals surface area contributed by atoms with Crippen molar-refractivity contribution in [3.05, 3.63) is 41.7 Å². The van der Waals surface area contributed by atoms with Crippen LogP contribution in [0.3, 0.4) is 0 Å². The summed E-state index contributed by atoms with van der Waals surface area (Å²) in [5.74, 6) is 0.622. The molecule has 0 aliphatic rings. The Kier molecular flexibility index (Phi) is 3.98. The van der Waals surface area contributed by atoms with E-state index in [0.717, 1.165) is 17.0 Å². The zero-order chi connectivity index (χ0) is 14.7. The van der Waals surface area contributed by atoms with Gasteiger partial charge in [-0.05, 0) is 43.7 Å². The van der Waals surface area contributed by atoms with E-state index >= 15 is 0 Å². The van der Waals surface area contributed by atoms with Crippen LogP contribution in [0.25, 0.3) is 0 Å². The Labute approximate surface area is 118 Å². The van der Waals surface area contributed by atoms with Gasteiger partial charge in [0.2, 0.25) is 0 Å². The molecule has 0 unspecified atom stereocenters. The van der Waals surface area contributed by atoms with E-state index in [1.54, 1.807) is 19.4 Å². The summed E-state index contributed by atoms with van der Waals surface area (Å²) in [5, 5.41) is 2.87. The maximum atomic E-state index is 12.3. The monoisotopic (exact) mass is 273 g/mol. The number of anilines is 2. The average Bonchev–Trinajstić information content (AvgIpc) is 2.80. The lowest BCUT2D eigenvalue weighted by molar-refractivity contribution is 0.101. The Hall–Kier alpha value is -2.43. The van der Waals surface area contributed by atoms with E-state index in [0.29, 0.717) is 17.9 Å². The molecule has 1 heterocycles. The lowest BCUT2D eigenvalue weighted by Gasteiger charge is -2.10. The molecule has 1 aromatic heterocycles. The third kappa shape index (κ3) is 2.77. The first-order valence-electron chi connectivity index (χ1n) is 6.46. The SMILES string of the molecule is CCn1cc(N)cc1C(=O)Nc1ccc(OC)c(C)c1. The molecule has 5 nitrogen and oxygen atoms in total. The highest BCUT2D eigenvalue weighted by molar-refractivity contribution is 6.03. The summed E-state index contributed by atoms with van der Waals surface area (Å²) in [7, 11) is 1.62. The molecule has 106 valence electrons. The molecule has 0 fully saturated rings. The number of nitrogens with zero attached hydrogens (tertiary/aromatic N) is 1. The molecule has 0 aliphatic heterocycles. The van der Waals surface area contributed by atoms with Crippen LogP contribution in [0.1, 0.15) is 23.0 Å². The van der Waals surface area contributed by atoms with Gasteiger partial charge in [0.15, 0.2) is 0 Å². The summed E-state index contributed by atoms with van der Waals surface area (Å²) in [5.41, 5.74) is 8.57. The molecule has 0 radical (unpaired) electrons. The van der Waals surface area contributed by atoms with E-state index in [-0.39, 0.29) is 5.91 Å². The van der Waals surface area contributed by atoms with Gasteiger partial charge >= 0.3 is 0 Å². The number of methoxy groups -OCH3 is 1. The van der Waals surface area contributed by atoms with E-state index in [4.69, 9.17) is 10.5 Å². The predicted octanol–water partition coefficient (Wildman–Crippen LogP) is 2.66. The van der Waals surface area contributed by atoms with Crippen molar-refractivity contribution in [2.75, 3.05) is 18.2 Å². The van der Waals surface area contributed by atoms with Crippen LogP contribution in [0.15, 0.2) is 30.5 Å². The van der Waals surface area contributed by atoms with Crippen molar-refractivity contribution in [1.82, 2.24) is 4.57 Å². The number of nitrogen functional groups attached to an aromatic ring is 1. The summed E-state index contributed by atoms with van der Waals surface area (Å²) < 4.78 is 7.02. The largest absolute Gasteiger partial charge is 0.496 e. The lowest BCUT2D eigenvalue weighted by Crippen LogP contribution is -2.16. The second-order valence-electron chi connectivity index (χ2n) is 4.58. The highest BCUT2D eigenvalue weighted by atomic mass is 16.5. The third-order valence-electron chi connectivity index (χ3n) is 3.14. The summed E-state index contributed by atoms with van der Waals surface area (Å²) in [6.07, 6.45) is 1.76. The van der Waals surface area contributed by atoms with Gasteiger partial charge < -0.3 is 20.4 Å². The number of aromatic nitrogens is 1. The summed E-state index contributed by atoms with van der Waals surface area (Å²) in [6.45, 7) is 4.59. The van der Waals surface area contributed by atoms with Gasteiger partial charge in [0.25, 0.3) is 5.91 Å². The number of nitrogens with one attached hydrogen (secondary N) is 1. The fourth-order valence-corrected chi connectivity index (χ4v) is 2.14. The van der Waals surface area contributed by atoms with Crippen LogP contribution >= 0.6 is 0 Å². The van der Waals surface area contributed by atoms with Crippen molar-refractivity contribution in [1.29, 1.82) is 0 Å². The number of aryl methyl sites for hydroxylation is 2. The molecule has 1 aromatic carbocycles. The molecule has 2 rings (SSSR count). The number of rotatable bonds is 4. The molecule has 0 atom stereocenters. The van der Waals surface area contributed by atoms with Gasteiger partial charge in [-0.25, -0.2) is 0 Å². The maximum absolute atomic E-state index is 12.3. The fourth-order valence-electron chi connectivity index (χ4n) is 2.14. The lowest BCUT2D eigenvalue weighted by atomic mass is 10.2. The van der Waals surface area contributed by atoms with Gasteiger partial charge in [-0.15, -0.1) is 0 Å². The van der Waals surface area contributed by atoms with Gasteiger partial charge in [-0.3, -0.25) is 4.79 Å². The number of amides is 1. The van der Waals surface area contributed by atoms with Crippen LogP contribution in [0, 0.1) is 6.92 Å². The standard InChI is InChI=1S/C15H19N3O2/c1-4-18-9-11(16)8-13(18)15(19)17-12-5-6-14(20-3)10(2)7-12/h5-9H,4,16H2,1-3H3,(H,17,19). The van der Waals surface area contributed by atoms with Gasteiger partial charge in [-0.1, -0.05) is 0 Å². The molecule has 20 heavy (non-hydrogen) atoms. The molecule has 0 saturated heterocycles. The van der Waals surface area contributed by atoms with Crippen molar-refractivity contribution < 1.29 is 9.53 Å². The van der Waals surface area contributed by atoms with E-state index in [1.807, 2.05) is 36.6 Å². The molecule has 3 N–H and O–H groups in total. The van der Waals surface area contributed by atoms with Crippen LogP contribution < -0.4 is 15.8 Å². The van der Waals surface area contributed by atoms with Crippen molar-refractivity contribution in [2.24, 2.45) is 0 Å². The third-order valence-corrected chi connectivity index (χ3v) is 3.14. The molecular formula is C15H19N3O2. The highest BCUT2D eigenvalue weighted by Gasteiger charge is 2.12. The number of nitrogens with two attached hydrogens (primary N) is 1. The first kappa shape index (κ1) is 14.0. The van der Waals surface area contributed by atoms with Gasteiger partial charge in [-0.2, -0.15) is 0 Å². The second kappa shape index (κ2) is 5.69.